The van der Waals surface area contributed by atoms with Gasteiger partial charge in [0, 0.05) is 19.0 Å². The van der Waals surface area contributed by atoms with Crippen molar-refractivity contribution < 1.29 is 19.1 Å². The van der Waals surface area contributed by atoms with Crippen molar-refractivity contribution in [3.05, 3.63) is 42.9 Å². The molecule has 3 N–H and O–H groups in total. The van der Waals surface area contributed by atoms with Crippen molar-refractivity contribution in [1.82, 2.24) is 9.13 Å². The van der Waals surface area contributed by atoms with Crippen LogP contribution in [-0.4, -0.2) is 33.4 Å². The normalized spacial score (nSPS) is 11.5. The van der Waals surface area contributed by atoms with Gasteiger partial charge in [0.15, 0.2) is 6.61 Å². The van der Waals surface area contributed by atoms with Crippen LogP contribution < -0.4 is 22.3 Å². The largest absolute Gasteiger partial charge is 0.453 e. The molecule has 0 aliphatic heterocycles. The molecule has 0 aromatic carbocycles. The summed E-state index contributed by atoms with van der Waals surface area (Å²) in [4.78, 5) is 62.6. The minimum absolute atomic E-state index is 0.0399. The number of hydrogen-bond donors (Lipinski definition) is 2. The van der Waals surface area contributed by atoms with E-state index in [-0.39, 0.29) is 29.1 Å². The van der Waals surface area contributed by atoms with E-state index in [9.17, 15) is 24.0 Å². The number of carbonyl (C=O) groups is 3. The standard InChI is InChI=1S/C22H30N4O6S/c1-11(2)9-26-17(23)15(18(28)25(7)21(26)31)13(27)10-32-19(29)16-12(3)8-14(33-16)24-20(30)22(4,5)6/h8,11H,9-10,23H2,1-7H3,(H,24,30). The molecule has 0 bridgehead atoms. The third-order valence-corrected chi connectivity index (χ3v) is 5.90. The minimum atomic E-state index is -0.849. The van der Waals surface area contributed by atoms with Gasteiger partial charge in [0.25, 0.3) is 5.56 Å². The predicted molar refractivity (Wildman–Crippen MR) is 127 cm³/mol. The quantitative estimate of drug-likeness (QED) is 0.459. The van der Waals surface area contributed by atoms with Gasteiger partial charge in [-0.1, -0.05) is 34.6 Å². The molecule has 0 aliphatic rings. The number of Topliss-reactive ketones (excluding diaryl/α,β-unsaturated/α-hetero) is 1. The minimum Gasteiger partial charge on any atom is -0.453 e. The molecule has 0 spiro atoms. The van der Waals surface area contributed by atoms with E-state index in [0.717, 1.165) is 20.5 Å². The van der Waals surface area contributed by atoms with Gasteiger partial charge in [-0.15, -0.1) is 11.3 Å². The molecule has 10 nitrogen and oxygen atoms in total. The van der Waals surface area contributed by atoms with Crippen LogP contribution in [0.1, 0.15) is 60.2 Å². The Kier molecular flexibility index (Phi) is 7.68. The molecule has 11 heteroatoms. The fourth-order valence-corrected chi connectivity index (χ4v) is 3.86. The lowest BCUT2D eigenvalue weighted by molar-refractivity contribution is -0.123. The van der Waals surface area contributed by atoms with Crippen LogP contribution in [0.3, 0.4) is 0 Å². The van der Waals surface area contributed by atoms with E-state index in [2.05, 4.69) is 5.32 Å². The number of thiophene rings is 1. The van der Waals surface area contributed by atoms with E-state index in [0.29, 0.717) is 10.6 Å². The lowest BCUT2D eigenvalue weighted by atomic mass is 9.96. The van der Waals surface area contributed by atoms with Crippen LogP contribution in [0.4, 0.5) is 10.8 Å². The highest BCUT2D eigenvalue weighted by molar-refractivity contribution is 7.18. The lowest BCUT2D eigenvalue weighted by Gasteiger charge is -2.16. The average molecular weight is 479 g/mol. The number of anilines is 2. The van der Waals surface area contributed by atoms with E-state index < -0.39 is 40.6 Å². The van der Waals surface area contributed by atoms with Crippen molar-refractivity contribution in [3.8, 4) is 0 Å². The predicted octanol–water partition coefficient (Wildman–Crippen LogP) is 2.18. The topological polar surface area (TPSA) is 142 Å². The number of amides is 1. The molecule has 0 radical (unpaired) electrons. The number of carbonyl (C=O) groups excluding carboxylic acids is 3. The highest BCUT2D eigenvalue weighted by Crippen LogP contribution is 2.29. The second-order valence-corrected chi connectivity index (χ2v) is 10.3. The first-order chi connectivity index (χ1) is 15.1. The Hall–Kier alpha value is -3.21. The van der Waals surface area contributed by atoms with Gasteiger partial charge in [-0.2, -0.15) is 0 Å². The fourth-order valence-electron chi connectivity index (χ4n) is 2.90. The number of nitrogens with one attached hydrogen (secondary N) is 1. The van der Waals surface area contributed by atoms with Crippen LogP contribution in [0.15, 0.2) is 15.7 Å². The Morgan fingerprint density at radius 3 is 2.36 bits per heavy atom. The van der Waals surface area contributed by atoms with Gasteiger partial charge in [0.2, 0.25) is 11.7 Å². The maximum Gasteiger partial charge on any atom is 0.349 e. The molecular formula is C22H30N4O6S. The molecule has 1 amide bonds. The van der Waals surface area contributed by atoms with Gasteiger partial charge in [-0.25, -0.2) is 9.59 Å². The van der Waals surface area contributed by atoms with Gasteiger partial charge in [-0.05, 0) is 24.5 Å². The van der Waals surface area contributed by atoms with Gasteiger partial charge in [0.1, 0.15) is 16.3 Å². The van der Waals surface area contributed by atoms with Gasteiger partial charge >= 0.3 is 11.7 Å². The monoisotopic (exact) mass is 478 g/mol. The molecule has 33 heavy (non-hydrogen) atoms. The van der Waals surface area contributed by atoms with Gasteiger partial charge in [-0.3, -0.25) is 23.5 Å². The van der Waals surface area contributed by atoms with Gasteiger partial charge in [0.05, 0.1) is 5.00 Å². The summed E-state index contributed by atoms with van der Waals surface area (Å²) in [6.07, 6.45) is 0. The Balaban J connectivity index is 2.23. The summed E-state index contributed by atoms with van der Waals surface area (Å²) in [6, 6.07) is 1.64. The summed E-state index contributed by atoms with van der Waals surface area (Å²) in [7, 11) is 1.26. The van der Waals surface area contributed by atoms with Crippen LogP contribution in [0.5, 0.6) is 0 Å². The summed E-state index contributed by atoms with van der Waals surface area (Å²) in [5, 5.41) is 3.23. The van der Waals surface area contributed by atoms with Crippen molar-refractivity contribution in [2.24, 2.45) is 18.4 Å². The molecule has 0 fully saturated rings. The van der Waals surface area contributed by atoms with Crippen molar-refractivity contribution in [1.29, 1.82) is 0 Å². The van der Waals surface area contributed by atoms with Crippen molar-refractivity contribution >= 4 is 39.8 Å². The molecule has 2 aromatic heterocycles. The molecule has 0 aliphatic carbocycles. The zero-order valence-corrected chi connectivity index (χ0v) is 20.7. The number of esters is 1. The zero-order valence-electron chi connectivity index (χ0n) is 19.9. The first kappa shape index (κ1) is 26.0. The van der Waals surface area contributed by atoms with Crippen molar-refractivity contribution in [2.75, 3.05) is 17.7 Å². The number of aryl methyl sites for hydroxylation is 1. The molecule has 0 unspecified atom stereocenters. The van der Waals surface area contributed by atoms with E-state index in [1.807, 2.05) is 13.8 Å². The number of nitrogen functional groups attached to an aromatic ring is 1. The summed E-state index contributed by atoms with van der Waals surface area (Å²) < 4.78 is 7.10. The SMILES string of the molecule is Cc1cc(NC(=O)C(C)(C)C)sc1C(=O)OCC(=O)c1c(N)n(CC(C)C)c(=O)n(C)c1=O. The smallest absolute Gasteiger partial charge is 0.349 e. The molecule has 2 aromatic rings. The molecule has 0 saturated carbocycles. The Labute approximate surface area is 195 Å². The zero-order chi connectivity index (χ0) is 25.2. The second-order valence-electron chi connectivity index (χ2n) is 9.24. The van der Waals surface area contributed by atoms with Crippen LogP contribution in [-0.2, 0) is 23.1 Å². The summed E-state index contributed by atoms with van der Waals surface area (Å²) in [6.45, 7) is 10.2. The highest BCUT2D eigenvalue weighted by Gasteiger charge is 2.25. The van der Waals surface area contributed by atoms with Crippen LogP contribution >= 0.6 is 11.3 Å². The first-order valence-electron chi connectivity index (χ1n) is 10.4. The average Bonchev–Trinajstić information content (AvgIpc) is 3.07. The van der Waals surface area contributed by atoms with Gasteiger partial charge < -0.3 is 15.8 Å². The number of hydrogen-bond acceptors (Lipinski definition) is 8. The molecule has 2 rings (SSSR count). The number of nitrogens with zero attached hydrogens (tertiary/aromatic N) is 2. The third-order valence-electron chi connectivity index (χ3n) is 4.77. The first-order valence-corrected chi connectivity index (χ1v) is 11.2. The number of rotatable bonds is 7. The Morgan fingerprint density at radius 1 is 1.21 bits per heavy atom. The highest BCUT2D eigenvalue weighted by atomic mass is 32.1. The number of ether oxygens (including phenoxy) is 1. The van der Waals surface area contributed by atoms with E-state index in [1.54, 1.807) is 33.8 Å². The maximum atomic E-state index is 12.7. The fraction of sp³-hybridized carbons (Fsp3) is 0.500. The molecule has 0 atom stereocenters. The lowest BCUT2D eigenvalue weighted by Crippen LogP contribution is -2.43. The number of ketones is 1. The van der Waals surface area contributed by atoms with E-state index in [1.165, 1.54) is 7.05 Å². The number of nitrogens with two attached hydrogens (primary N) is 1. The third kappa shape index (κ3) is 5.78. The Morgan fingerprint density at radius 2 is 1.82 bits per heavy atom. The summed E-state index contributed by atoms with van der Waals surface area (Å²) in [5.74, 6) is -2.00. The molecular weight excluding hydrogens is 448 g/mol. The maximum absolute atomic E-state index is 12.7. The molecule has 0 saturated heterocycles. The summed E-state index contributed by atoms with van der Waals surface area (Å²) >= 11 is 1.03. The van der Waals surface area contributed by atoms with E-state index >= 15 is 0 Å². The van der Waals surface area contributed by atoms with E-state index in [4.69, 9.17) is 10.5 Å². The van der Waals surface area contributed by atoms with Crippen molar-refractivity contribution in [3.63, 3.8) is 0 Å². The number of aromatic nitrogens is 2. The molecule has 180 valence electrons. The van der Waals surface area contributed by atoms with Crippen LogP contribution in [0, 0.1) is 18.3 Å². The molecule has 2 heterocycles. The van der Waals surface area contributed by atoms with Crippen LogP contribution in [0.25, 0.3) is 0 Å². The summed E-state index contributed by atoms with van der Waals surface area (Å²) in [5.41, 5.74) is 4.07. The van der Waals surface area contributed by atoms with Crippen LogP contribution in [0.2, 0.25) is 0 Å². The van der Waals surface area contributed by atoms with Crippen molar-refractivity contribution in [2.45, 2.75) is 48.1 Å². The second kappa shape index (κ2) is 9.74. The Bertz CT molecular complexity index is 1210.